The number of ether oxygens (including phenoxy) is 2. The molecule has 0 radical (unpaired) electrons. The Labute approximate surface area is 147 Å². The number of carbonyl (C=O) groups is 1. The van der Waals surface area contributed by atoms with E-state index in [-0.39, 0.29) is 17.4 Å². The van der Waals surface area contributed by atoms with E-state index >= 15 is 0 Å². The van der Waals surface area contributed by atoms with Gasteiger partial charge in [-0.1, -0.05) is 75.4 Å². The van der Waals surface area contributed by atoms with Crippen molar-refractivity contribution < 1.29 is 18.7 Å². The molecule has 0 saturated carbocycles. The van der Waals surface area contributed by atoms with Gasteiger partial charge in [0.2, 0.25) is 0 Å². The highest BCUT2D eigenvalue weighted by Gasteiger charge is 2.45. The maximum absolute atomic E-state index is 11.6. The Morgan fingerprint density at radius 1 is 0.960 bits per heavy atom. The van der Waals surface area contributed by atoms with Crippen molar-refractivity contribution in [2.45, 2.75) is 44.4 Å². The van der Waals surface area contributed by atoms with E-state index in [1.165, 1.54) is 23.1 Å². The molecule has 0 N–H and O–H groups in total. The summed E-state index contributed by atoms with van der Waals surface area (Å²) in [7, 11) is 0. The lowest BCUT2D eigenvalue weighted by atomic mass is 9.75. The Kier molecular flexibility index (Phi) is 4.55. The molecule has 1 aliphatic heterocycles. The van der Waals surface area contributed by atoms with Gasteiger partial charge in [-0.3, -0.25) is 0 Å². The zero-order valence-electron chi connectivity index (χ0n) is 14.8. The van der Waals surface area contributed by atoms with Crippen molar-refractivity contribution in [1.82, 2.24) is 0 Å². The van der Waals surface area contributed by atoms with Gasteiger partial charge in [0, 0.05) is 5.41 Å². The number of rotatable bonds is 1. The van der Waals surface area contributed by atoms with Gasteiger partial charge in [0.15, 0.2) is 6.61 Å². The molecular formula is C21H23FO3. The summed E-state index contributed by atoms with van der Waals surface area (Å²) >= 11 is 0. The second-order valence-corrected chi connectivity index (χ2v) is 7.39. The first-order chi connectivity index (χ1) is 11.8. The highest BCUT2D eigenvalue weighted by atomic mass is 19.1. The van der Waals surface area contributed by atoms with Crippen LogP contribution in [0, 0.1) is 0 Å². The van der Waals surface area contributed by atoms with Gasteiger partial charge >= 0.3 is 6.16 Å². The van der Waals surface area contributed by atoms with E-state index in [1.807, 2.05) is 0 Å². The summed E-state index contributed by atoms with van der Waals surface area (Å²) in [6.45, 7) is 6.84. The summed E-state index contributed by atoms with van der Waals surface area (Å²) in [4.78, 5) is 9.77. The molecule has 2 atom stereocenters. The number of benzene rings is 2. The molecule has 1 fully saturated rings. The van der Waals surface area contributed by atoms with Crippen molar-refractivity contribution >= 4 is 6.16 Å². The van der Waals surface area contributed by atoms with Crippen LogP contribution in [0.4, 0.5) is 9.18 Å². The second kappa shape index (κ2) is 6.51. The molecule has 0 spiro atoms. The summed E-state index contributed by atoms with van der Waals surface area (Å²) in [5, 5.41) is 0. The fourth-order valence-corrected chi connectivity index (χ4v) is 4.00. The Morgan fingerprint density at radius 2 is 1.56 bits per heavy atom. The van der Waals surface area contributed by atoms with Crippen LogP contribution in [0.25, 0.3) is 0 Å². The topological polar surface area (TPSA) is 35.5 Å². The average Bonchev–Trinajstić information content (AvgIpc) is 3.08. The van der Waals surface area contributed by atoms with Crippen molar-refractivity contribution in [1.29, 1.82) is 0 Å². The maximum atomic E-state index is 11.6. The van der Waals surface area contributed by atoms with Crippen LogP contribution in [-0.4, -0.2) is 19.1 Å². The van der Waals surface area contributed by atoms with E-state index in [2.05, 4.69) is 84.8 Å². The molecular weight excluding hydrogens is 319 g/mol. The number of alkyl halides is 1. The fourth-order valence-electron chi connectivity index (χ4n) is 4.00. The third-order valence-electron chi connectivity index (χ3n) is 5.01. The van der Waals surface area contributed by atoms with Crippen LogP contribution in [-0.2, 0) is 20.3 Å². The summed E-state index contributed by atoms with van der Waals surface area (Å²) in [6.07, 6.45) is -1.29. The lowest BCUT2D eigenvalue weighted by Gasteiger charge is -2.28. The van der Waals surface area contributed by atoms with Crippen LogP contribution in [0.2, 0.25) is 0 Å². The van der Waals surface area contributed by atoms with E-state index in [9.17, 15) is 9.18 Å². The molecule has 1 aliphatic carbocycles. The first kappa shape index (κ1) is 17.5. The molecule has 2 unspecified atom stereocenters. The molecule has 4 heteroatoms. The highest BCUT2D eigenvalue weighted by Crippen LogP contribution is 2.52. The largest absolute Gasteiger partial charge is 0.511 e. The van der Waals surface area contributed by atoms with Gasteiger partial charge in [0.05, 0.1) is 0 Å². The number of hydrogen-bond donors (Lipinski definition) is 0. The minimum atomic E-state index is -1.55. The van der Waals surface area contributed by atoms with Gasteiger partial charge in [-0.2, -0.15) is 4.39 Å². The average molecular weight is 342 g/mol. The normalized spacial score (nSPS) is 26.1. The van der Waals surface area contributed by atoms with E-state index in [1.54, 1.807) is 0 Å². The van der Waals surface area contributed by atoms with Crippen molar-refractivity contribution in [3.05, 3.63) is 71.3 Å². The van der Waals surface area contributed by atoms with Crippen molar-refractivity contribution in [2.75, 3.05) is 6.61 Å². The number of halogens is 1. The highest BCUT2D eigenvalue weighted by molar-refractivity contribution is 5.61. The Morgan fingerprint density at radius 3 is 2.08 bits per heavy atom. The Hall–Kier alpha value is -2.36. The monoisotopic (exact) mass is 342 g/mol. The first-order valence-corrected chi connectivity index (χ1v) is 8.46. The van der Waals surface area contributed by atoms with E-state index in [4.69, 9.17) is 0 Å². The van der Waals surface area contributed by atoms with Gasteiger partial charge in [0.1, 0.15) is 0 Å². The summed E-state index contributed by atoms with van der Waals surface area (Å²) in [5.41, 5.74) is 4.86. The summed E-state index contributed by atoms with van der Waals surface area (Å²) in [6, 6.07) is 19.8. The summed E-state index contributed by atoms with van der Waals surface area (Å²) < 4.78 is 19.5. The van der Waals surface area contributed by atoms with E-state index in [0.29, 0.717) is 0 Å². The minimum absolute atomic E-state index is 0.154. The lowest BCUT2D eigenvalue weighted by molar-refractivity contribution is 0.0573. The summed E-state index contributed by atoms with van der Waals surface area (Å²) in [5.74, 6) is 0. The second-order valence-electron chi connectivity index (χ2n) is 7.39. The van der Waals surface area contributed by atoms with Gasteiger partial charge in [-0.05, 0) is 28.5 Å². The minimum Gasteiger partial charge on any atom is -0.427 e. The quantitative estimate of drug-likeness (QED) is 0.675. The van der Waals surface area contributed by atoms with Crippen LogP contribution in [0.5, 0.6) is 0 Å². The van der Waals surface area contributed by atoms with Crippen molar-refractivity contribution in [3.8, 4) is 0 Å². The molecule has 3 nitrogen and oxygen atoms in total. The van der Waals surface area contributed by atoms with Crippen LogP contribution >= 0.6 is 0 Å². The molecule has 132 valence electrons. The molecule has 2 aromatic rings. The maximum Gasteiger partial charge on any atom is 0.511 e. The van der Waals surface area contributed by atoms with Gasteiger partial charge in [0.25, 0.3) is 6.36 Å². The van der Waals surface area contributed by atoms with Gasteiger partial charge in [-0.15, -0.1) is 0 Å². The van der Waals surface area contributed by atoms with Crippen molar-refractivity contribution in [2.24, 2.45) is 0 Å². The molecule has 1 saturated heterocycles. The molecule has 2 aliphatic rings. The van der Waals surface area contributed by atoms with Crippen molar-refractivity contribution in [3.63, 3.8) is 0 Å². The standard InChI is InChI=1S/C18H20.C3H3FO3/c1-17(2)13-18(3,14-9-5-4-6-10-14)16-12-8-7-11-15(16)17;4-2-1-6-3(5)7-2/h4-12H,13H2,1-3H3;2H,1H2. The van der Waals surface area contributed by atoms with Gasteiger partial charge < -0.3 is 9.47 Å². The number of carbonyl (C=O) groups excluding carboxylic acids is 1. The Bertz CT molecular complexity index is 757. The van der Waals surface area contributed by atoms with E-state index < -0.39 is 12.5 Å². The molecule has 2 aromatic carbocycles. The van der Waals surface area contributed by atoms with Crippen LogP contribution in [0.15, 0.2) is 54.6 Å². The molecule has 1 heterocycles. The zero-order valence-corrected chi connectivity index (χ0v) is 14.8. The third-order valence-corrected chi connectivity index (χ3v) is 5.01. The number of fused-ring (bicyclic) bond motifs is 1. The molecule has 4 rings (SSSR count). The SMILES string of the molecule is CC1(C)CC(C)(c2ccccc2)c2ccccc21.O=C1OCC(F)O1. The predicted molar refractivity (Wildman–Crippen MR) is 94.3 cm³/mol. The van der Waals surface area contributed by atoms with Gasteiger partial charge in [-0.25, -0.2) is 4.79 Å². The van der Waals surface area contributed by atoms with Crippen LogP contribution in [0.1, 0.15) is 43.9 Å². The Balaban J connectivity index is 0.000000219. The fraction of sp³-hybridized carbons (Fsp3) is 0.381. The van der Waals surface area contributed by atoms with Crippen LogP contribution < -0.4 is 0 Å². The molecule has 0 amide bonds. The number of cyclic esters (lactones) is 2. The lowest BCUT2D eigenvalue weighted by Crippen LogP contribution is -2.23. The predicted octanol–water partition coefficient (Wildman–Crippen LogP) is 5.12. The first-order valence-electron chi connectivity index (χ1n) is 8.46. The molecule has 0 aromatic heterocycles. The van der Waals surface area contributed by atoms with Crippen LogP contribution in [0.3, 0.4) is 0 Å². The van der Waals surface area contributed by atoms with E-state index in [0.717, 1.165) is 0 Å². The third kappa shape index (κ3) is 3.39. The molecule has 25 heavy (non-hydrogen) atoms. The number of hydrogen-bond acceptors (Lipinski definition) is 3. The zero-order chi connectivity index (χ0) is 18.1. The smallest absolute Gasteiger partial charge is 0.427 e. The molecule has 0 bridgehead atoms.